The maximum atomic E-state index is 6.04. The highest BCUT2D eigenvalue weighted by Gasteiger charge is 2.11. The molecule has 5 nitrogen and oxygen atoms in total. The molecule has 0 radical (unpaired) electrons. The molecule has 0 aromatic heterocycles. The van der Waals surface area contributed by atoms with E-state index in [1.165, 1.54) is 5.56 Å². The van der Waals surface area contributed by atoms with Crippen molar-refractivity contribution in [2.24, 2.45) is 10.7 Å². The minimum absolute atomic E-state index is 0. The zero-order chi connectivity index (χ0) is 15.1. The van der Waals surface area contributed by atoms with Crippen LogP contribution in [-0.4, -0.2) is 56.2 Å². The number of thioether (sulfide) groups is 1. The maximum Gasteiger partial charge on any atom is 0.191 e. The quantitative estimate of drug-likeness (QED) is 0.435. The van der Waals surface area contributed by atoms with Gasteiger partial charge in [-0.3, -0.25) is 4.99 Å². The van der Waals surface area contributed by atoms with Crippen LogP contribution in [0.3, 0.4) is 0 Å². The number of nitrogens with zero attached hydrogens (tertiary/aromatic N) is 2. The van der Waals surface area contributed by atoms with Gasteiger partial charge in [0.15, 0.2) is 17.5 Å². The average Bonchev–Trinajstić information content (AvgIpc) is 2.55. The van der Waals surface area contributed by atoms with Gasteiger partial charge in [0, 0.05) is 31.1 Å². The van der Waals surface area contributed by atoms with Crippen molar-refractivity contribution >= 4 is 41.7 Å². The van der Waals surface area contributed by atoms with E-state index in [0.717, 1.165) is 42.5 Å². The summed E-state index contributed by atoms with van der Waals surface area (Å²) in [5.41, 5.74) is 7.20. The molecule has 1 aliphatic rings. The number of methoxy groups -OCH3 is 2. The van der Waals surface area contributed by atoms with Gasteiger partial charge in [0.05, 0.1) is 14.2 Å². The fourth-order valence-corrected chi connectivity index (χ4v) is 3.13. The first-order valence-electron chi connectivity index (χ1n) is 7.08. The SMILES string of the molecule is COc1ccc(CCN=C(N)N2CCSCC2)cc1OC.I. The van der Waals surface area contributed by atoms with Gasteiger partial charge in [0.1, 0.15) is 0 Å². The van der Waals surface area contributed by atoms with E-state index in [2.05, 4.69) is 9.89 Å². The summed E-state index contributed by atoms with van der Waals surface area (Å²) in [5, 5.41) is 0. The third-order valence-electron chi connectivity index (χ3n) is 3.46. The van der Waals surface area contributed by atoms with Gasteiger partial charge in [0.25, 0.3) is 0 Å². The van der Waals surface area contributed by atoms with E-state index in [1.54, 1.807) is 14.2 Å². The molecule has 22 heavy (non-hydrogen) atoms. The minimum Gasteiger partial charge on any atom is -0.493 e. The van der Waals surface area contributed by atoms with Crippen LogP contribution in [0, 0.1) is 0 Å². The molecule has 7 heteroatoms. The highest BCUT2D eigenvalue weighted by molar-refractivity contribution is 14.0. The third-order valence-corrected chi connectivity index (χ3v) is 4.40. The molecule has 0 bridgehead atoms. The first-order chi connectivity index (χ1) is 10.2. The number of hydrogen-bond acceptors (Lipinski definition) is 4. The largest absolute Gasteiger partial charge is 0.493 e. The van der Waals surface area contributed by atoms with Crippen molar-refractivity contribution in [3.8, 4) is 11.5 Å². The van der Waals surface area contributed by atoms with Gasteiger partial charge in [-0.1, -0.05) is 6.07 Å². The van der Waals surface area contributed by atoms with Crippen LogP contribution in [0.25, 0.3) is 0 Å². The van der Waals surface area contributed by atoms with Gasteiger partial charge < -0.3 is 20.1 Å². The van der Waals surface area contributed by atoms with Gasteiger partial charge >= 0.3 is 0 Å². The van der Waals surface area contributed by atoms with Crippen LogP contribution in [0.1, 0.15) is 5.56 Å². The van der Waals surface area contributed by atoms with E-state index in [-0.39, 0.29) is 24.0 Å². The van der Waals surface area contributed by atoms with Crippen LogP contribution >= 0.6 is 35.7 Å². The lowest BCUT2D eigenvalue weighted by Crippen LogP contribution is -2.42. The van der Waals surface area contributed by atoms with Crippen molar-refractivity contribution in [3.63, 3.8) is 0 Å². The molecule has 124 valence electrons. The van der Waals surface area contributed by atoms with Crippen molar-refractivity contribution < 1.29 is 9.47 Å². The summed E-state index contributed by atoms with van der Waals surface area (Å²) in [6.45, 7) is 2.68. The molecule has 0 spiro atoms. The average molecular weight is 437 g/mol. The summed E-state index contributed by atoms with van der Waals surface area (Å²) < 4.78 is 10.5. The first-order valence-corrected chi connectivity index (χ1v) is 8.23. The van der Waals surface area contributed by atoms with Crippen LogP contribution in [0.4, 0.5) is 0 Å². The summed E-state index contributed by atoms with van der Waals surface area (Å²) in [6.07, 6.45) is 0.837. The molecule has 1 aliphatic heterocycles. The fourth-order valence-electron chi connectivity index (χ4n) is 2.23. The van der Waals surface area contributed by atoms with Gasteiger partial charge in [-0.15, -0.1) is 24.0 Å². The second-order valence-corrected chi connectivity index (χ2v) is 6.00. The molecular formula is C15H24IN3O2S. The lowest BCUT2D eigenvalue weighted by Gasteiger charge is -2.27. The normalized spacial score (nSPS) is 15.2. The number of aliphatic imine (C=N–C) groups is 1. The van der Waals surface area contributed by atoms with Crippen molar-refractivity contribution in [2.75, 3.05) is 45.4 Å². The van der Waals surface area contributed by atoms with Crippen LogP contribution in [0.15, 0.2) is 23.2 Å². The lowest BCUT2D eigenvalue weighted by atomic mass is 10.1. The monoisotopic (exact) mass is 437 g/mol. The molecule has 1 aromatic carbocycles. The Kier molecular flexibility index (Phi) is 8.77. The van der Waals surface area contributed by atoms with E-state index in [9.17, 15) is 0 Å². The summed E-state index contributed by atoms with van der Waals surface area (Å²) >= 11 is 1.97. The number of guanidine groups is 1. The summed E-state index contributed by atoms with van der Waals surface area (Å²) in [7, 11) is 3.28. The Bertz CT molecular complexity index is 494. The van der Waals surface area contributed by atoms with Crippen LogP contribution in [0.2, 0.25) is 0 Å². The molecule has 0 atom stereocenters. The topological polar surface area (TPSA) is 60.1 Å². The van der Waals surface area contributed by atoms with Crippen molar-refractivity contribution in [1.82, 2.24) is 4.90 Å². The van der Waals surface area contributed by atoms with E-state index in [0.29, 0.717) is 12.5 Å². The molecule has 1 heterocycles. The standard InChI is InChI=1S/C15H23N3O2S.HI/c1-19-13-4-3-12(11-14(13)20-2)5-6-17-15(16)18-7-9-21-10-8-18;/h3-4,11H,5-10H2,1-2H3,(H2,16,17);1H. The molecule has 1 fully saturated rings. The van der Waals surface area contributed by atoms with Crippen LogP contribution < -0.4 is 15.2 Å². The minimum atomic E-state index is 0. The number of benzene rings is 1. The Labute approximate surface area is 153 Å². The molecule has 0 amide bonds. The van der Waals surface area contributed by atoms with Crippen molar-refractivity contribution in [1.29, 1.82) is 0 Å². The van der Waals surface area contributed by atoms with Gasteiger partial charge in [-0.2, -0.15) is 11.8 Å². The third kappa shape index (κ3) is 5.42. The lowest BCUT2D eigenvalue weighted by molar-refractivity contribution is 0.354. The Balaban J connectivity index is 0.00000242. The number of rotatable bonds is 5. The van der Waals surface area contributed by atoms with Gasteiger partial charge in [-0.05, 0) is 24.1 Å². The van der Waals surface area contributed by atoms with Gasteiger partial charge in [-0.25, -0.2) is 0 Å². The van der Waals surface area contributed by atoms with E-state index in [1.807, 2.05) is 30.0 Å². The molecule has 0 unspecified atom stereocenters. The number of halogens is 1. The molecule has 2 rings (SSSR count). The zero-order valence-electron chi connectivity index (χ0n) is 13.1. The molecule has 2 N–H and O–H groups in total. The summed E-state index contributed by atoms with van der Waals surface area (Å²) in [4.78, 5) is 6.64. The molecule has 1 saturated heterocycles. The smallest absolute Gasteiger partial charge is 0.191 e. The number of ether oxygens (including phenoxy) is 2. The molecule has 1 aromatic rings. The summed E-state index contributed by atoms with van der Waals surface area (Å²) in [5.74, 6) is 4.42. The first kappa shape index (κ1) is 19.2. The second-order valence-electron chi connectivity index (χ2n) is 4.78. The Hall–Kier alpha value is -0.830. The van der Waals surface area contributed by atoms with Crippen LogP contribution in [-0.2, 0) is 6.42 Å². The Morgan fingerprint density at radius 3 is 2.55 bits per heavy atom. The predicted molar refractivity (Wildman–Crippen MR) is 104 cm³/mol. The van der Waals surface area contributed by atoms with Crippen LogP contribution in [0.5, 0.6) is 11.5 Å². The zero-order valence-corrected chi connectivity index (χ0v) is 16.2. The Morgan fingerprint density at radius 1 is 1.23 bits per heavy atom. The van der Waals surface area contributed by atoms with Crippen molar-refractivity contribution in [2.45, 2.75) is 6.42 Å². The van der Waals surface area contributed by atoms with E-state index >= 15 is 0 Å². The number of hydrogen-bond donors (Lipinski definition) is 1. The van der Waals surface area contributed by atoms with E-state index < -0.39 is 0 Å². The Morgan fingerprint density at radius 2 is 1.91 bits per heavy atom. The molecular weight excluding hydrogens is 413 g/mol. The number of nitrogens with two attached hydrogens (primary N) is 1. The highest BCUT2D eigenvalue weighted by Crippen LogP contribution is 2.27. The van der Waals surface area contributed by atoms with E-state index in [4.69, 9.17) is 15.2 Å². The summed E-state index contributed by atoms with van der Waals surface area (Å²) in [6, 6.07) is 5.94. The molecule has 0 saturated carbocycles. The maximum absolute atomic E-state index is 6.04. The fraction of sp³-hybridized carbons (Fsp3) is 0.533. The molecule has 0 aliphatic carbocycles. The highest BCUT2D eigenvalue weighted by atomic mass is 127. The second kappa shape index (κ2) is 10.0. The predicted octanol–water partition coefficient (Wildman–Crippen LogP) is 2.23. The van der Waals surface area contributed by atoms with Gasteiger partial charge in [0.2, 0.25) is 0 Å². The van der Waals surface area contributed by atoms with Crippen molar-refractivity contribution in [3.05, 3.63) is 23.8 Å².